The van der Waals surface area contributed by atoms with Gasteiger partial charge >= 0.3 is 11.1 Å². The van der Waals surface area contributed by atoms with Gasteiger partial charge in [-0.05, 0) is 49.4 Å². The molecule has 0 radical (unpaired) electrons. The molecule has 0 saturated carbocycles. The Bertz CT molecular complexity index is 1040. The Morgan fingerprint density at radius 1 is 1.04 bits per heavy atom. The van der Waals surface area contributed by atoms with Gasteiger partial charge < -0.3 is 20.0 Å². The van der Waals surface area contributed by atoms with E-state index in [-0.39, 0.29) is 5.91 Å². The van der Waals surface area contributed by atoms with Crippen LogP contribution in [0.15, 0.2) is 52.1 Å². The van der Waals surface area contributed by atoms with Crippen molar-refractivity contribution in [3.63, 3.8) is 0 Å². The fraction of sp³-hybridized carbons (Fsp3) is 0.118. The van der Waals surface area contributed by atoms with Crippen LogP contribution >= 0.6 is 11.6 Å². The number of H-pyrrole nitrogens is 2. The number of benzene rings is 2. The number of carbonyl (C=O) groups is 1. The van der Waals surface area contributed by atoms with Crippen molar-refractivity contribution in [1.29, 1.82) is 0 Å². The van der Waals surface area contributed by atoms with Gasteiger partial charge in [0.15, 0.2) is 6.10 Å². The second-order valence-electron chi connectivity index (χ2n) is 5.37. The molecule has 0 aliphatic rings. The predicted octanol–water partition coefficient (Wildman–Crippen LogP) is 2.28. The van der Waals surface area contributed by atoms with Crippen LogP contribution in [0.25, 0.3) is 11.0 Å². The summed E-state index contributed by atoms with van der Waals surface area (Å²) in [6, 6.07) is 11.4. The van der Waals surface area contributed by atoms with Crippen molar-refractivity contribution in [2.75, 3.05) is 5.32 Å². The van der Waals surface area contributed by atoms with E-state index in [0.29, 0.717) is 27.5 Å². The molecule has 0 unspecified atom stereocenters. The van der Waals surface area contributed by atoms with E-state index in [4.69, 9.17) is 16.3 Å². The molecule has 1 aromatic heterocycles. The van der Waals surface area contributed by atoms with Gasteiger partial charge in [-0.3, -0.25) is 14.4 Å². The Labute approximate surface area is 146 Å². The predicted molar refractivity (Wildman–Crippen MR) is 95.4 cm³/mol. The quantitative estimate of drug-likeness (QED) is 0.621. The fourth-order valence-corrected chi connectivity index (χ4v) is 2.33. The first-order valence-corrected chi connectivity index (χ1v) is 7.79. The second kappa shape index (κ2) is 6.82. The molecule has 0 aliphatic carbocycles. The molecule has 3 N–H and O–H groups in total. The summed E-state index contributed by atoms with van der Waals surface area (Å²) in [7, 11) is 0. The summed E-state index contributed by atoms with van der Waals surface area (Å²) in [5.74, 6) is 0.161. The Balaban J connectivity index is 1.74. The zero-order valence-corrected chi connectivity index (χ0v) is 13.9. The number of anilines is 1. The number of carbonyl (C=O) groups excluding carboxylic acids is 1. The van der Waals surface area contributed by atoms with Crippen LogP contribution in [-0.2, 0) is 4.79 Å². The van der Waals surface area contributed by atoms with Crippen molar-refractivity contribution in [3.8, 4) is 5.75 Å². The standard InChI is InChI=1S/C17H14ClN3O4/c1-9(25-12-5-2-10(18)3-6-12)15(22)19-11-4-7-13-14(8-11)21-17(24)16(23)20-13/h2-9H,1H3,(H,19,22)(H,20,23)(H,21,24)/t9-/m0/s1. The van der Waals surface area contributed by atoms with E-state index in [1.165, 1.54) is 0 Å². The minimum absolute atomic E-state index is 0.360. The summed E-state index contributed by atoms with van der Waals surface area (Å²) in [5, 5.41) is 3.27. The molecule has 3 aromatic rings. The van der Waals surface area contributed by atoms with Crippen molar-refractivity contribution in [2.45, 2.75) is 13.0 Å². The number of hydrogen-bond donors (Lipinski definition) is 3. The highest BCUT2D eigenvalue weighted by molar-refractivity contribution is 6.30. The van der Waals surface area contributed by atoms with Crippen LogP contribution in [0.3, 0.4) is 0 Å². The zero-order valence-electron chi connectivity index (χ0n) is 13.1. The van der Waals surface area contributed by atoms with Crippen molar-refractivity contribution in [2.24, 2.45) is 0 Å². The van der Waals surface area contributed by atoms with Crippen molar-refractivity contribution < 1.29 is 9.53 Å². The monoisotopic (exact) mass is 359 g/mol. The summed E-state index contributed by atoms with van der Waals surface area (Å²) >= 11 is 5.80. The molecule has 7 nitrogen and oxygen atoms in total. The molecule has 1 heterocycles. The van der Waals surface area contributed by atoms with Gasteiger partial charge in [0, 0.05) is 10.7 Å². The average molecular weight is 360 g/mol. The lowest BCUT2D eigenvalue weighted by Crippen LogP contribution is -2.30. The lowest BCUT2D eigenvalue weighted by molar-refractivity contribution is -0.122. The molecule has 128 valence electrons. The van der Waals surface area contributed by atoms with E-state index >= 15 is 0 Å². The first kappa shape index (κ1) is 16.8. The number of amides is 1. The number of fused-ring (bicyclic) bond motifs is 1. The lowest BCUT2D eigenvalue weighted by atomic mass is 10.2. The number of rotatable bonds is 4. The van der Waals surface area contributed by atoms with Crippen LogP contribution in [-0.4, -0.2) is 22.0 Å². The van der Waals surface area contributed by atoms with Gasteiger partial charge in [-0.25, -0.2) is 0 Å². The fourth-order valence-electron chi connectivity index (χ4n) is 2.21. The lowest BCUT2D eigenvalue weighted by Gasteiger charge is -2.15. The Morgan fingerprint density at radius 3 is 2.36 bits per heavy atom. The third kappa shape index (κ3) is 3.89. The first-order valence-electron chi connectivity index (χ1n) is 7.42. The van der Waals surface area contributed by atoms with Crippen LogP contribution in [0.2, 0.25) is 5.02 Å². The molecule has 1 amide bonds. The zero-order chi connectivity index (χ0) is 18.0. The molecule has 3 rings (SSSR count). The van der Waals surface area contributed by atoms with E-state index in [0.717, 1.165) is 0 Å². The molecule has 0 fully saturated rings. The average Bonchev–Trinajstić information content (AvgIpc) is 2.58. The maximum atomic E-state index is 12.2. The van der Waals surface area contributed by atoms with E-state index in [1.807, 2.05) is 0 Å². The molecule has 2 aromatic carbocycles. The molecular formula is C17H14ClN3O4. The van der Waals surface area contributed by atoms with Crippen LogP contribution in [0.4, 0.5) is 5.69 Å². The molecular weight excluding hydrogens is 346 g/mol. The highest BCUT2D eigenvalue weighted by Gasteiger charge is 2.15. The van der Waals surface area contributed by atoms with Crippen LogP contribution < -0.4 is 21.2 Å². The molecule has 0 bridgehead atoms. The summed E-state index contributed by atoms with van der Waals surface area (Å²) in [5.41, 5.74) is -0.141. The maximum absolute atomic E-state index is 12.2. The molecule has 1 atom stereocenters. The van der Waals surface area contributed by atoms with Gasteiger partial charge in [0.1, 0.15) is 5.75 Å². The van der Waals surface area contributed by atoms with Crippen molar-refractivity contribution in [3.05, 3.63) is 68.2 Å². The normalized spacial score (nSPS) is 11.9. The van der Waals surface area contributed by atoms with Gasteiger partial charge in [-0.1, -0.05) is 11.6 Å². The summed E-state index contributed by atoms with van der Waals surface area (Å²) in [6.07, 6.45) is -0.744. The first-order chi connectivity index (χ1) is 11.9. The number of hydrogen-bond acceptors (Lipinski definition) is 4. The van der Waals surface area contributed by atoms with Crippen LogP contribution in [0.1, 0.15) is 6.92 Å². The third-order valence-corrected chi connectivity index (χ3v) is 3.74. The van der Waals surface area contributed by atoms with Gasteiger partial charge in [-0.15, -0.1) is 0 Å². The van der Waals surface area contributed by atoms with Gasteiger partial charge in [0.2, 0.25) is 0 Å². The van der Waals surface area contributed by atoms with Crippen LogP contribution in [0, 0.1) is 0 Å². The number of ether oxygens (including phenoxy) is 1. The van der Waals surface area contributed by atoms with Crippen molar-refractivity contribution in [1.82, 2.24) is 9.97 Å². The van der Waals surface area contributed by atoms with Gasteiger partial charge in [0.25, 0.3) is 5.91 Å². The number of aromatic nitrogens is 2. The Hall–Kier alpha value is -3.06. The van der Waals surface area contributed by atoms with E-state index in [1.54, 1.807) is 49.4 Å². The largest absolute Gasteiger partial charge is 0.481 e. The summed E-state index contributed by atoms with van der Waals surface area (Å²) in [6.45, 7) is 1.62. The third-order valence-electron chi connectivity index (χ3n) is 3.49. The molecule has 25 heavy (non-hydrogen) atoms. The SMILES string of the molecule is C[C@H](Oc1ccc(Cl)cc1)C(=O)Nc1ccc2[nH]c(=O)c(=O)[nH]c2c1. The highest BCUT2D eigenvalue weighted by Crippen LogP contribution is 2.18. The molecule has 0 aliphatic heterocycles. The summed E-state index contributed by atoms with van der Waals surface area (Å²) < 4.78 is 5.55. The molecule has 0 spiro atoms. The minimum atomic E-state index is -0.754. The van der Waals surface area contributed by atoms with Gasteiger partial charge in [0.05, 0.1) is 11.0 Å². The Kier molecular flexibility index (Phi) is 4.58. The number of nitrogens with one attached hydrogen (secondary N) is 3. The van der Waals surface area contributed by atoms with E-state index < -0.39 is 17.2 Å². The van der Waals surface area contributed by atoms with E-state index in [2.05, 4.69) is 15.3 Å². The van der Waals surface area contributed by atoms with Gasteiger partial charge in [-0.2, -0.15) is 0 Å². The highest BCUT2D eigenvalue weighted by atomic mass is 35.5. The number of halogens is 1. The Morgan fingerprint density at radius 2 is 1.68 bits per heavy atom. The van der Waals surface area contributed by atoms with Crippen molar-refractivity contribution >= 4 is 34.2 Å². The summed E-state index contributed by atoms with van der Waals surface area (Å²) in [4.78, 5) is 39.8. The van der Waals surface area contributed by atoms with Crippen LogP contribution in [0.5, 0.6) is 5.75 Å². The maximum Gasteiger partial charge on any atom is 0.314 e. The second-order valence-corrected chi connectivity index (χ2v) is 5.81. The topological polar surface area (TPSA) is 104 Å². The van der Waals surface area contributed by atoms with E-state index in [9.17, 15) is 14.4 Å². The molecule has 8 heteroatoms. The minimum Gasteiger partial charge on any atom is -0.481 e. The smallest absolute Gasteiger partial charge is 0.314 e. The number of aromatic amines is 2. The molecule has 0 saturated heterocycles.